The summed E-state index contributed by atoms with van der Waals surface area (Å²) < 4.78 is 5.81. The van der Waals surface area contributed by atoms with Gasteiger partial charge >= 0.3 is 6.03 Å². The molecule has 7 rings (SSSR count). The molecule has 0 spiro atoms. The van der Waals surface area contributed by atoms with Gasteiger partial charge in [-0.2, -0.15) is 5.10 Å². The number of imidazole rings is 1. The van der Waals surface area contributed by atoms with Crippen molar-refractivity contribution in [1.29, 1.82) is 0 Å². The predicted molar refractivity (Wildman–Crippen MR) is 174 cm³/mol. The molecule has 2 aromatic heterocycles. The molecule has 0 bridgehead atoms. The van der Waals surface area contributed by atoms with E-state index in [0.29, 0.717) is 22.9 Å². The molecule has 4 N–H and O–H groups in total. The average Bonchev–Trinajstić information content (AvgIpc) is 3.71. The number of hydrogen-bond donors (Lipinski definition) is 4. The molecule has 1 aliphatic rings. The molecule has 0 aliphatic carbocycles. The van der Waals surface area contributed by atoms with E-state index in [1.54, 1.807) is 12.1 Å². The molecule has 0 saturated carbocycles. The van der Waals surface area contributed by atoms with Crippen LogP contribution >= 0.6 is 0 Å². The summed E-state index contributed by atoms with van der Waals surface area (Å²) in [5.74, 6) is 2.16. The molecule has 0 radical (unpaired) electrons. The lowest BCUT2D eigenvalue weighted by atomic mass is 10.1. The quantitative estimate of drug-likeness (QED) is 0.164. The Morgan fingerprint density at radius 2 is 1.48 bits per heavy atom. The number of fused-ring (bicyclic) bond motifs is 1. The molecule has 10 heteroatoms. The Balaban J connectivity index is 0.966. The number of hydrogen-bond acceptors (Lipinski definition) is 6. The number of likely N-dealkylation sites (N-methyl/N-ethyl adjacent to an activating group) is 1. The van der Waals surface area contributed by atoms with Crippen LogP contribution in [0.25, 0.3) is 33.8 Å². The van der Waals surface area contributed by atoms with Gasteiger partial charge in [-0.3, -0.25) is 5.10 Å². The van der Waals surface area contributed by atoms with Gasteiger partial charge in [0.15, 0.2) is 5.82 Å². The average molecular weight is 585 g/mol. The Kier molecular flexibility index (Phi) is 7.39. The van der Waals surface area contributed by atoms with Crippen molar-refractivity contribution in [2.45, 2.75) is 0 Å². The van der Waals surface area contributed by atoms with E-state index < -0.39 is 0 Å². The van der Waals surface area contributed by atoms with E-state index in [2.05, 4.69) is 60.9 Å². The maximum atomic E-state index is 12.6. The van der Waals surface area contributed by atoms with E-state index in [0.717, 1.165) is 59.9 Å². The van der Waals surface area contributed by atoms with Gasteiger partial charge in [-0.15, -0.1) is 0 Å². The van der Waals surface area contributed by atoms with Gasteiger partial charge in [-0.25, -0.2) is 9.78 Å². The van der Waals surface area contributed by atoms with E-state index in [4.69, 9.17) is 9.72 Å². The topological polar surface area (TPSA) is 114 Å². The second kappa shape index (κ2) is 11.9. The summed E-state index contributed by atoms with van der Waals surface area (Å²) in [6, 6.07) is 32.4. The molecule has 10 nitrogen and oxygen atoms in total. The van der Waals surface area contributed by atoms with Crippen molar-refractivity contribution in [2.24, 2.45) is 0 Å². The summed E-state index contributed by atoms with van der Waals surface area (Å²) in [6.07, 6.45) is 0. The van der Waals surface area contributed by atoms with Crippen molar-refractivity contribution in [3.8, 4) is 34.3 Å². The smallest absolute Gasteiger partial charge is 0.323 e. The second-order valence-corrected chi connectivity index (χ2v) is 10.8. The number of amides is 2. The Hall–Kier alpha value is -5.61. The van der Waals surface area contributed by atoms with Crippen LogP contribution in [0.3, 0.4) is 0 Å². The number of para-hydroxylation sites is 1. The number of benzene rings is 4. The highest BCUT2D eigenvalue weighted by atomic mass is 16.5. The van der Waals surface area contributed by atoms with E-state index in [1.807, 2.05) is 72.8 Å². The zero-order valence-corrected chi connectivity index (χ0v) is 24.2. The minimum absolute atomic E-state index is 0.334. The van der Waals surface area contributed by atoms with Crippen LogP contribution in [-0.2, 0) is 0 Å². The van der Waals surface area contributed by atoms with Crippen molar-refractivity contribution >= 4 is 34.1 Å². The number of nitrogens with zero attached hydrogens (tertiary/aromatic N) is 4. The van der Waals surface area contributed by atoms with E-state index in [-0.39, 0.29) is 6.03 Å². The Morgan fingerprint density at radius 1 is 0.795 bits per heavy atom. The fourth-order valence-corrected chi connectivity index (χ4v) is 5.23. The molecule has 4 aromatic carbocycles. The first-order valence-electron chi connectivity index (χ1n) is 14.6. The number of rotatable bonds is 7. The Labute approximate surface area is 254 Å². The van der Waals surface area contributed by atoms with Crippen molar-refractivity contribution < 1.29 is 9.53 Å². The molecule has 1 saturated heterocycles. The molecular formula is C34H32N8O2. The van der Waals surface area contributed by atoms with Gasteiger partial charge in [0.2, 0.25) is 0 Å². The van der Waals surface area contributed by atoms with E-state index >= 15 is 0 Å². The standard InChI is InChI=1S/C34H32N8O2/c1-41-17-19-42(20-18-41)26-13-16-29-31(21-26)38-33(37-29)32-22-30(39-40-32)23-7-9-24(10-8-23)35-34(43)36-25-11-14-28(15-12-25)44-27-5-3-2-4-6-27/h2-16,21-22H,17-20H2,1H3,(H,37,38)(H,39,40)(H2,35,36,43). The lowest BCUT2D eigenvalue weighted by Crippen LogP contribution is -2.44. The number of anilines is 3. The van der Waals surface area contributed by atoms with Crippen LogP contribution in [0.1, 0.15) is 0 Å². The Morgan fingerprint density at radius 3 is 2.20 bits per heavy atom. The first-order chi connectivity index (χ1) is 21.6. The van der Waals surface area contributed by atoms with Crippen molar-refractivity contribution in [3.05, 3.63) is 103 Å². The van der Waals surface area contributed by atoms with E-state index in [1.165, 1.54) is 5.69 Å². The predicted octanol–water partition coefficient (Wildman–Crippen LogP) is 6.81. The first kappa shape index (κ1) is 27.2. The Bertz CT molecular complexity index is 1870. The zero-order chi connectivity index (χ0) is 29.9. The highest BCUT2D eigenvalue weighted by Gasteiger charge is 2.16. The van der Waals surface area contributed by atoms with Crippen LogP contribution in [0.4, 0.5) is 21.9 Å². The minimum Gasteiger partial charge on any atom is -0.457 e. The molecule has 1 aliphatic heterocycles. The maximum Gasteiger partial charge on any atom is 0.323 e. The van der Waals surface area contributed by atoms with Crippen LogP contribution in [0.15, 0.2) is 103 Å². The fourth-order valence-electron chi connectivity index (χ4n) is 5.23. The molecule has 0 unspecified atom stereocenters. The largest absolute Gasteiger partial charge is 0.457 e. The SMILES string of the molecule is CN1CCN(c2ccc3nc(-c4cc(-c5ccc(NC(=O)Nc6ccc(Oc7ccccc7)cc6)cc5)[nH]n4)[nH]c3c2)CC1. The third kappa shape index (κ3) is 6.11. The van der Waals surface area contributed by atoms with Gasteiger partial charge in [0.1, 0.15) is 17.2 Å². The lowest BCUT2D eigenvalue weighted by Gasteiger charge is -2.34. The number of H-pyrrole nitrogens is 2. The number of ether oxygens (including phenoxy) is 1. The third-order valence-corrected chi connectivity index (χ3v) is 7.70. The van der Waals surface area contributed by atoms with Crippen LogP contribution in [0.2, 0.25) is 0 Å². The molecular weight excluding hydrogens is 552 g/mol. The van der Waals surface area contributed by atoms with Gasteiger partial charge in [-0.05, 0) is 85.4 Å². The van der Waals surface area contributed by atoms with Gasteiger partial charge in [0.25, 0.3) is 0 Å². The number of aromatic amines is 2. The van der Waals surface area contributed by atoms with E-state index in [9.17, 15) is 4.79 Å². The highest BCUT2D eigenvalue weighted by Crippen LogP contribution is 2.28. The molecule has 0 atom stereocenters. The zero-order valence-electron chi connectivity index (χ0n) is 24.2. The summed E-state index contributed by atoms with van der Waals surface area (Å²) in [5.41, 5.74) is 6.97. The molecule has 220 valence electrons. The molecule has 3 heterocycles. The maximum absolute atomic E-state index is 12.6. The molecule has 6 aromatic rings. The van der Waals surface area contributed by atoms with Crippen molar-refractivity contribution in [2.75, 3.05) is 48.8 Å². The van der Waals surface area contributed by atoms with Crippen molar-refractivity contribution in [3.63, 3.8) is 0 Å². The van der Waals surface area contributed by atoms with Crippen molar-refractivity contribution in [1.82, 2.24) is 25.1 Å². The third-order valence-electron chi connectivity index (χ3n) is 7.70. The number of carbonyl (C=O) groups is 1. The minimum atomic E-state index is -0.334. The normalized spacial score (nSPS) is 13.6. The van der Waals surface area contributed by atoms with Crippen LogP contribution in [-0.4, -0.2) is 64.3 Å². The summed E-state index contributed by atoms with van der Waals surface area (Å²) in [6.45, 7) is 4.16. The molecule has 1 fully saturated rings. The summed E-state index contributed by atoms with van der Waals surface area (Å²) >= 11 is 0. The first-order valence-corrected chi connectivity index (χ1v) is 14.6. The fraction of sp³-hybridized carbons (Fsp3) is 0.147. The highest BCUT2D eigenvalue weighted by molar-refractivity contribution is 5.99. The molecule has 44 heavy (non-hydrogen) atoms. The number of nitrogens with one attached hydrogen (secondary N) is 4. The van der Waals surface area contributed by atoms with Gasteiger partial charge in [-0.1, -0.05) is 30.3 Å². The summed E-state index contributed by atoms with van der Waals surface area (Å²) in [7, 11) is 2.16. The van der Waals surface area contributed by atoms with Crippen LogP contribution < -0.4 is 20.3 Å². The summed E-state index contributed by atoms with van der Waals surface area (Å²) in [5, 5.41) is 13.3. The van der Waals surface area contributed by atoms with Crippen LogP contribution in [0.5, 0.6) is 11.5 Å². The van der Waals surface area contributed by atoms with Gasteiger partial charge in [0.05, 0.1) is 16.7 Å². The number of piperazine rings is 1. The number of urea groups is 1. The van der Waals surface area contributed by atoms with Gasteiger partial charge < -0.3 is 30.2 Å². The summed E-state index contributed by atoms with van der Waals surface area (Å²) in [4.78, 5) is 25.6. The monoisotopic (exact) mass is 584 g/mol. The van der Waals surface area contributed by atoms with Crippen LogP contribution in [0, 0.1) is 0 Å². The second-order valence-electron chi connectivity index (χ2n) is 10.8. The number of carbonyl (C=O) groups excluding carboxylic acids is 1. The van der Waals surface area contributed by atoms with Gasteiger partial charge in [0, 0.05) is 43.2 Å². The molecule has 2 amide bonds. The lowest BCUT2D eigenvalue weighted by molar-refractivity contribution is 0.262. The number of aromatic nitrogens is 4.